The fraction of sp³-hybridized carbons (Fsp3) is 0. The Morgan fingerprint density at radius 1 is 1.57 bits per heavy atom. The second-order valence-corrected chi connectivity index (χ2v) is 1.06. The molecule has 1 aromatic rings. The van der Waals surface area contributed by atoms with Crippen LogP contribution in [0.4, 0.5) is 11.9 Å². The van der Waals surface area contributed by atoms with Crippen molar-refractivity contribution in [1.82, 2.24) is 20.9 Å². The highest BCUT2D eigenvalue weighted by atomic mass is 15.3. The number of aromatic nitrogens is 3. The minimum absolute atomic E-state index is 0.00231. The fourth-order valence-corrected chi connectivity index (χ4v) is 0.275. The van der Waals surface area contributed by atoms with Crippen molar-refractivity contribution in [3.8, 4) is 0 Å². The predicted molar refractivity (Wildman–Crippen MR) is 23.6 cm³/mol. The number of nitrogens with one attached hydrogen (secondary N) is 2. The maximum Gasteiger partial charge on any atom is 0.242 e. The first-order valence-electron chi connectivity index (χ1n) is 1.69. The van der Waals surface area contributed by atoms with E-state index in [9.17, 15) is 0 Å². The Kier molecular flexibility index (Phi) is 0.619. The van der Waals surface area contributed by atoms with Crippen molar-refractivity contribution >= 4 is 11.9 Å². The zero-order valence-electron chi connectivity index (χ0n) is 3.47. The van der Waals surface area contributed by atoms with Crippen LogP contribution in [0.15, 0.2) is 0 Å². The summed E-state index contributed by atoms with van der Waals surface area (Å²) in [5.74, 6) is 0.183. The smallest absolute Gasteiger partial charge is 0.242 e. The Morgan fingerprint density at radius 3 is 2.43 bits per heavy atom. The van der Waals surface area contributed by atoms with E-state index in [2.05, 4.69) is 15.2 Å². The molecule has 4 N–H and O–H groups in total. The van der Waals surface area contributed by atoms with Gasteiger partial charge in [-0.1, -0.05) is 0 Å². The Bertz CT molecular complexity index is 138. The minimum atomic E-state index is -0.00231. The van der Waals surface area contributed by atoms with Crippen LogP contribution in [0.5, 0.6) is 0 Å². The van der Waals surface area contributed by atoms with E-state index in [0.717, 1.165) is 0 Å². The summed E-state index contributed by atoms with van der Waals surface area (Å²) in [7, 11) is 0. The summed E-state index contributed by atoms with van der Waals surface area (Å²) in [6.45, 7) is 0. The summed E-state index contributed by atoms with van der Waals surface area (Å²) >= 11 is 0. The molecule has 0 aliphatic rings. The van der Waals surface area contributed by atoms with Crippen molar-refractivity contribution in [3.05, 3.63) is 0 Å². The normalized spacial score (nSPS) is 9.14. The minimum Gasteiger partial charge on any atom is -0.368 e. The van der Waals surface area contributed by atoms with Crippen molar-refractivity contribution < 1.29 is 0 Å². The molecule has 0 atom stereocenters. The third-order valence-electron chi connectivity index (χ3n) is 0.504. The first-order chi connectivity index (χ1) is 3.29. The Morgan fingerprint density at radius 2 is 2.29 bits per heavy atom. The van der Waals surface area contributed by atoms with Gasteiger partial charge in [0.2, 0.25) is 11.9 Å². The highest BCUT2D eigenvalue weighted by Gasteiger charge is 1.88. The number of nitrogen functional groups attached to an aromatic ring is 1. The van der Waals surface area contributed by atoms with Crippen LogP contribution in [0.1, 0.15) is 0 Å². The largest absolute Gasteiger partial charge is 0.368 e. The average molecular weight is 98.1 g/mol. The number of hydrogen-bond acceptors (Lipinski definition) is 3. The fourth-order valence-electron chi connectivity index (χ4n) is 0.275. The zero-order valence-corrected chi connectivity index (χ0v) is 3.47. The molecule has 0 aromatic carbocycles. The van der Waals surface area contributed by atoms with E-state index in [1.54, 1.807) is 0 Å². The standard InChI is InChI=1S/C2H4N5/c3-1-5-2(4)7-6-1/h3H,(H3,4,5,6,7). The van der Waals surface area contributed by atoms with Crippen LogP contribution in [0.25, 0.3) is 0 Å². The van der Waals surface area contributed by atoms with Crippen molar-refractivity contribution in [2.75, 3.05) is 5.73 Å². The van der Waals surface area contributed by atoms with Crippen LogP contribution >= 0.6 is 0 Å². The predicted octanol–water partition coefficient (Wildman–Crippen LogP) is -0.699. The van der Waals surface area contributed by atoms with Crippen LogP contribution in [-0.4, -0.2) is 15.2 Å². The molecule has 1 rings (SSSR count). The third-order valence-corrected chi connectivity index (χ3v) is 0.504. The zero-order chi connectivity index (χ0) is 5.28. The average Bonchev–Trinajstić information content (AvgIpc) is 1.87. The SMILES string of the molecule is [NH]c1nnc(N)[nH]1. The number of aromatic amines is 1. The number of hydrogen-bond donors (Lipinski definition) is 2. The van der Waals surface area contributed by atoms with Gasteiger partial charge < -0.3 is 5.73 Å². The molecule has 5 nitrogen and oxygen atoms in total. The molecular weight excluding hydrogens is 94.1 g/mol. The van der Waals surface area contributed by atoms with Crippen LogP contribution in [-0.2, 0) is 0 Å². The summed E-state index contributed by atoms with van der Waals surface area (Å²) in [6.07, 6.45) is 0. The van der Waals surface area contributed by atoms with Gasteiger partial charge in [-0.25, -0.2) is 0 Å². The second kappa shape index (κ2) is 1.11. The van der Waals surface area contributed by atoms with Gasteiger partial charge in [-0.15, -0.1) is 10.2 Å². The van der Waals surface area contributed by atoms with E-state index < -0.39 is 0 Å². The van der Waals surface area contributed by atoms with Gasteiger partial charge in [0.15, 0.2) is 0 Å². The first kappa shape index (κ1) is 3.91. The van der Waals surface area contributed by atoms with E-state index >= 15 is 0 Å². The molecule has 0 amide bonds. The van der Waals surface area contributed by atoms with Gasteiger partial charge >= 0.3 is 0 Å². The van der Waals surface area contributed by atoms with Gasteiger partial charge in [0.25, 0.3) is 0 Å². The molecule has 1 radical (unpaired) electrons. The molecule has 0 fully saturated rings. The van der Waals surface area contributed by atoms with Crippen LogP contribution in [0, 0.1) is 0 Å². The molecule has 0 aliphatic heterocycles. The highest BCUT2D eigenvalue weighted by molar-refractivity contribution is 5.20. The molecule has 7 heavy (non-hydrogen) atoms. The molecule has 37 valence electrons. The lowest BCUT2D eigenvalue weighted by Crippen LogP contribution is -1.84. The van der Waals surface area contributed by atoms with Crippen LogP contribution < -0.4 is 11.5 Å². The van der Waals surface area contributed by atoms with Gasteiger partial charge in [-0.3, -0.25) is 10.7 Å². The van der Waals surface area contributed by atoms with Crippen molar-refractivity contribution in [2.24, 2.45) is 0 Å². The van der Waals surface area contributed by atoms with Crippen molar-refractivity contribution in [1.29, 1.82) is 0 Å². The number of nitrogens with zero attached hydrogens (tertiary/aromatic N) is 2. The summed E-state index contributed by atoms with van der Waals surface area (Å²) in [6, 6.07) is 0. The molecule has 0 aliphatic carbocycles. The number of H-pyrrole nitrogens is 1. The van der Waals surface area contributed by atoms with Gasteiger partial charge in [0.05, 0.1) is 0 Å². The van der Waals surface area contributed by atoms with Gasteiger partial charge in [0, 0.05) is 0 Å². The second-order valence-electron chi connectivity index (χ2n) is 1.06. The van der Waals surface area contributed by atoms with Crippen LogP contribution in [0.3, 0.4) is 0 Å². The highest BCUT2D eigenvalue weighted by Crippen LogP contribution is 1.91. The summed E-state index contributed by atoms with van der Waals surface area (Å²) in [5.41, 5.74) is 11.7. The van der Waals surface area contributed by atoms with E-state index in [1.807, 2.05) is 0 Å². The van der Waals surface area contributed by atoms with E-state index in [4.69, 9.17) is 11.5 Å². The van der Waals surface area contributed by atoms with Gasteiger partial charge in [0.1, 0.15) is 0 Å². The lowest BCUT2D eigenvalue weighted by molar-refractivity contribution is 1.08. The monoisotopic (exact) mass is 98.0 g/mol. The number of nitrogens with two attached hydrogens (primary N) is 1. The first-order valence-corrected chi connectivity index (χ1v) is 1.69. The maximum atomic E-state index is 6.71. The van der Waals surface area contributed by atoms with Crippen molar-refractivity contribution in [3.63, 3.8) is 0 Å². The molecule has 0 spiro atoms. The maximum absolute atomic E-state index is 6.71. The molecule has 0 saturated heterocycles. The lowest BCUT2D eigenvalue weighted by Gasteiger charge is -1.71. The van der Waals surface area contributed by atoms with E-state index in [1.165, 1.54) is 0 Å². The molecule has 0 saturated carbocycles. The quantitative estimate of drug-likeness (QED) is 0.449. The molecule has 0 unspecified atom stereocenters. The summed E-state index contributed by atoms with van der Waals surface area (Å²) < 4.78 is 0. The van der Waals surface area contributed by atoms with E-state index in [-0.39, 0.29) is 11.9 Å². The summed E-state index contributed by atoms with van der Waals surface area (Å²) in [4.78, 5) is 2.36. The molecule has 0 bridgehead atoms. The lowest BCUT2D eigenvalue weighted by atomic mass is 11.0. The Labute approximate surface area is 39.7 Å². The number of anilines is 1. The van der Waals surface area contributed by atoms with Gasteiger partial charge in [-0.05, 0) is 0 Å². The van der Waals surface area contributed by atoms with E-state index in [0.29, 0.717) is 0 Å². The topological polar surface area (TPSA) is 91.4 Å². The van der Waals surface area contributed by atoms with Crippen molar-refractivity contribution in [2.45, 2.75) is 0 Å². The molecule has 1 aromatic heterocycles. The Balaban J connectivity index is 3.04. The third kappa shape index (κ3) is 0.594. The van der Waals surface area contributed by atoms with Crippen LogP contribution in [0.2, 0.25) is 0 Å². The Hall–Kier alpha value is -1.26. The number of rotatable bonds is 0. The molecular formula is C2H4N5. The van der Waals surface area contributed by atoms with Gasteiger partial charge in [-0.2, -0.15) is 0 Å². The molecule has 5 heteroatoms. The summed E-state index contributed by atoms with van der Waals surface area (Å²) in [5, 5.41) is 6.55. The molecule has 1 heterocycles.